The summed E-state index contributed by atoms with van der Waals surface area (Å²) in [4.78, 5) is 14.7. The van der Waals surface area contributed by atoms with E-state index in [2.05, 4.69) is 18.2 Å². The molecule has 2 aromatic rings. The third-order valence-electron chi connectivity index (χ3n) is 5.28. The number of carbonyl (C=O) groups is 1. The molecule has 0 radical (unpaired) electrons. The lowest BCUT2D eigenvalue weighted by atomic mass is 9.89. The van der Waals surface area contributed by atoms with Crippen molar-refractivity contribution in [3.8, 4) is 0 Å². The highest BCUT2D eigenvalue weighted by atomic mass is 16.5. The number of hydrogen-bond donors (Lipinski definition) is 0. The SMILES string of the molecule is O=C1c2ccccc2C2(c3cccc4c3CCC4)OCCN12. The Kier molecular flexibility index (Phi) is 2.37. The van der Waals surface area contributed by atoms with Crippen molar-refractivity contribution in [1.29, 1.82) is 0 Å². The first kappa shape index (κ1) is 12.4. The number of aryl methyl sites for hydroxylation is 1. The van der Waals surface area contributed by atoms with Gasteiger partial charge in [-0.25, -0.2) is 0 Å². The molecule has 5 rings (SSSR count). The van der Waals surface area contributed by atoms with Crippen LogP contribution in [0.2, 0.25) is 0 Å². The predicted molar refractivity (Wildman–Crippen MR) is 82.7 cm³/mol. The topological polar surface area (TPSA) is 29.5 Å². The van der Waals surface area contributed by atoms with E-state index in [1.54, 1.807) is 0 Å². The molecule has 1 aliphatic carbocycles. The average Bonchev–Trinajstić information content (AvgIpc) is 3.24. The van der Waals surface area contributed by atoms with Crippen molar-refractivity contribution in [2.45, 2.75) is 25.0 Å². The molecular weight excluding hydrogens is 274 g/mol. The quantitative estimate of drug-likeness (QED) is 0.808. The summed E-state index contributed by atoms with van der Waals surface area (Å²) in [6.07, 6.45) is 3.41. The first-order chi connectivity index (χ1) is 10.8. The lowest BCUT2D eigenvalue weighted by molar-refractivity contribution is -0.0309. The summed E-state index contributed by atoms with van der Waals surface area (Å²) in [5, 5.41) is 0. The van der Waals surface area contributed by atoms with Crippen LogP contribution in [0.4, 0.5) is 0 Å². The summed E-state index contributed by atoms with van der Waals surface area (Å²) in [6, 6.07) is 14.4. The summed E-state index contributed by atoms with van der Waals surface area (Å²) in [6.45, 7) is 1.26. The maximum atomic E-state index is 12.8. The van der Waals surface area contributed by atoms with E-state index in [1.807, 2.05) is 29.2 Å². The molecule has 1 amide bonds. The molecule has 1 saturated heterocycles. The van der Waals surface area contributed by atoms with Crippen LogP contribution in [0.3, 0.4) is 0 Å². The van der Waals surface area contributed by atoms with Crippen LogP contribution in [-0.4, -0.2) is 24.0 Å². The average molecular weight is 291 g/mol. The standard InChI is InChI=1S/C19H17NO2/c21-18-15-7-1-2-9-17(15)19(20(18)11-12-22-19)16-10-4-6-13-5-3-8-14(13)16/h1-2,4,6-7,9-10H,3,5,8,11-12H2. The van der Waals surface area contributed by atoms with Crippen LogP contribution in [0.25, 0.3) is 0 Å². The van der Waals surface area contributed by atoms with Crippen molar-refractivity contribution in [3.05, 3.63) is 70.3 Å². The van der Waals surface area contributed by atoms with Crippen LogP contribution < -0.4 is 0 Å². The molecule has 3 aliphatic rings. The van der Waals surface area contributed by atoms with Crippen LogP contribution in [-0.2, 0) is 23.3 Å². The molecule has 2 aliphatic heterocycles. The number of carbonyl (C=O) groups excluding carboxylic acids is 1. The fraction of sp³-hybridized carbons (Fsp3) is 0.316. The van der Waals surface area contributed by atoms with Crippen molar-refractivity contribution in [2.75, 3.05) is 13.2 Å². The highest BCUT2D eigenvalue weighted by Gasteiger charge is 2.55. The van der Waals surface area contributed by atoms with E-state index >= 15 is 0 Å². The van der Waals surface area contributed by atoms with Crippen LogP contribution in [0.15, 0.2) is 42.5 Å². The Labute approximate surface area is 129 Å². The molecule has 0 bridgehead atoms. The Morgan fingerprint density at radius 1 is 1.00 bits per heavy atom. The Morgan fingerprint density at radius 2 is 1.86 bits per heavy atom. The maximum absolute atomic E-state index is 12.8. The fourth-order valence-corrected chi connectivity index (χ4v) is 4.40. The molecule has 3 heteroatoms. The number of ether oxygens (including phenoxy) is 1. The van der Waals surface area contributed by atoms with Gasteiger partial charge < -0.3 is 4.74 Å². The van der Waals surface area contributed by atoms with Gasteiger partial charge in [0.1, 0.15) is 0 Å². The summed E-state index contributed by atoms with van der Waals surface area (Å²) in [5.74, 6) is 0.101. The van der Waals surface area contributed by atoms with E-state index < -0.39 is 5.72 Å². The van der Waals surface area contributed by atoms with E-state index in [9.17, 15) is 4.79 Å². The van der Waals surface area contributed by atoms with Gasteiger partial charge in [-0.15, -0.1) is 0 Å². The van der Waals surface area contributed by atoms with Crippen LogP contribution in [0.1, 0.15) is 39.0 Å². The third kappa shape index (κ3) is 1.33. The summed E-state index contributed by atoms with van der Waals surface area (Å²) in [5.41, 5.74) is 5.09. The van der Waals surface area contributed by atoms with Gasteiger partial charge in [0.05, 0.1) is 6.61 Å². The normalized spacial score (nSPS) is 25.3. The lowest BCUT2D eigenvalue weighted by Crippen LogP contribution is -2.41. The van der Waals surface area contributed by atoms with E-state index in [1.165, 1.54) is 23.1 Å². The molecule has 2 heterocycles. The number of amides is 1. The molecule has 110 valence electrons. The molecule has 1 atom stereocenters. The molecule has 0 spiro atoms. The number of benzene rings is 2. The zero-order valence-electron chi connectivity index (χ0n) is 12.3. The second kappa shape index (κ2) is 4.20. The molecule has 3 nitrogen and oxygen atoms in total. The predicted octanol–water partition coefficient (Wildman–Crippen LogP) is 2.86. The fourth-order valence-electron chi connectivity index (χ4n) is 4.40. The van der Waals surface area contributed by atoms with Crippen molar-refractivity contribution in [2.24, 2.45) is 0 Å². The maximum Gasteiger partial charge on any atom is 0.257 e. The van der Waals surface area contributed by atoms with Crippen LogP contribution >= 0.6 is 0 Å². The molecule has 22 heavy (non-hydrogen) atoms. The van der Waals surface area contributed by atoms with Crippen LogP contribution in [0, 0.1) is 0 Å². The number of nitrogens with zero attached hydrogens (tertiary/aromatic N) is 1. The Balaban J connectivity index is 1.83. The van der Waals surface area contributed by atoms with Gasteiger partial charge in [-0.3, -0.25) is 9.69 Å². The van der Waals surface area contributed by atoms with Gasteiger partial charge in [0.2, 0.25) is 0 Å². The van der Waals surface area contributed by atoms with E-state index in [-0.39, 0.29) is 5.91 Å². The number of hydrogen-bond acceptors (Lipinski definition) is 2. The van der Waals surface area contributed by atoms with Gasteiger partial charge in [-0.1, -0.05) is 36.4 Å². The summed E-state index contributed by atoms with van der Waals surface area (Å²) >= 11 is 0. The molecule has 2 aromatic carbocycles. The lowest BCUT2D eigenvalue weighted by Gasteiger charge is -2.33. The van der Waals surface area contributed by atoms with Crippen molar-refractivity contribution >= 4 is 5.91 Å². The van der Waals surface area contributed by atoms with Crippen molar-refractivity contribution < 1.29 is 9.53 Å². The Hall–Kier alpha value is -2.13. The minimum absolute atomic E-state index is 0.101. The van der Waals surface area contributed by atoms with E-state index in [4.69, 9.17) is 4.74 Å². The zero-order chi connectivity index (χ0) is 14.7. The Morgan fingerprint density at radius 3 is 2.82 bits per heavy atom. The minimum atomic E-state index is -0.691. The molecule has 1 fully saturated rings. The second-order valence-electron chi connectivity index (χ2n) is 6.29. The van der Waals surface area contributed by atoms with Gasteiger partial charge in [0, 0.05) is 23.2 Å². The molecule has 0 saturated carbocycles. The Bertz CT molecular complexity index is 798. The first-order valence-corrected chi connectivity index (χ1v) is 7.99. The molecule has 1 unspecified atom stereocenters. The van der Waals surface area contributed by atoms with Gasteiger partial charge in [-0.2, -0.15) is 0 Å². The summed E-state index contributed by atoms with van der Waals surface area (Å²) in [7, 11) is 0. The second-order valence-corrected chi connectivity index (χ2v) is 6.29. The minimum Gasteiger partial charge on any atom is -0.345 e. The van der Waals surface area contributed by atoms with Gasteiger partial charge in [-0.05, 0) is 36.5 Å². The highest BCUT2D eigenvalue weighted by Crippen LogP contribution is 2.49. The molecule has 0 N–H and O–H groups in total. The summed E-state index contributed by atoms with van der Waals surface area (Å²) < 4.78 is 6.28. The van der Waals surface area contributed by atoms with Gasteiger partial charge in [0.25, 0.3) is 5.91 Å². The van der Waals surface area contributed by atoms with E-state index in [0.29, 0.717) is 13.2 Å². The smallest absolute Gasteiger partial charge is 0.257 e. The number of rotatable bonds is 1. The number of fused-ring (bicyclic) bond motifs is 4. The van der Waals surface area contributed by atoms with Gasteiger partial charge in [0.15, 0.2) is 5.72 Å². The first-order valence-electron chi connectivity index (χ1n) is 7.99. The third-order valence-corrected chi connectivity index (χ3v) is 5.28. The molecule has 0 aromatic heterocycles. The van der Waals surface area contributed by atoms with Crippen LogP contribution in [0.5, 0.6) is 0 Å². The largest absolute Gasteiger partial charge is 0.345 e. The van der Waals surface area contributed by atoms with Crippen molar-refractivity contribution in [1.82, 2.24) is 4.90 Å². The highest BCUT2D eigenvalue weighted by molar-refractivity contribution is 6.00. The zero-order valence-corrected chi connectivity index (χ0v) is 12.3. The monoisotopic (exact) mass is 291 g/mol. The molecular formula is C19H17NO2. The van der Waals surface area contributed by atoms with Crippen molar-refractivity contribution in [3.63, 3.8) is 0 Å². The van der Waals surface area contributed by atoms with E-state index in [0.717, 1.165) is 24.0 Å². The van der Waals surface area contributed by atoms with Gasteiger partial charge >= 0.3 is 0 Å².